The van der Waals surface area contributed by atoms with Gasteiger partial charge in [-0.2, -0.15) is 22.0 Å². The Hall–Kier alpha value is -1.41. The molecule has 0 unspecified atom stereocenters. The van der Waals surface area contributed by atoms with Gasteiger partial charge in [-0.05, 0) is 12.5 Å². The number of ether oxygens (including phenoxy) is 1. The Morgan fingerprint density at radius 3 is 2.39 bits per heavy atom. The fraction of sp³-hybridized carbons (Fsp3) is 0.600. The number of hydrogen-bond acceptors (Lipinski definition) is 3. The largest absolute Gasteiger partial charge is 0.434 e. The molecule has 1 atom stereocenters. The predicted molar refractivity (Wildman–Crippen MR) is 75.5 cm³/mol. The monoisotopic (exact) mass is 338 g/mol. The molecule has 1 saturated heterocycles. The Balaban J connectivity index is 2.24. The summed E-state index contributed by atoms with van der Waals surface area (Å²) in [6.07, 6.45) is -5.44. The topological polar surface area (TPSA) is 24.5 Å². The van der Waals surface area contributed by atoms with Crippen molar-refractivity contribution < 1.29 is 26.7 Å². The van der Waals surface area contributed by atoms with Gasteiger partial charge >= 0.3 is 12.8 Å². The van der Waals surface area contributed by atoms with Crippen molar-refractivity contribution in [2.75, 3.05) is 26.2 Å². The SMILES string of the molecule is FC(F)Oc1ccccc1[C@@H](CCC(F)(F)F)N1CCNCC1. The van der Waals surface area contributed by atoms with Gasteiger partial charge in [0.25, 0.3) is 0 Å². The maximum Gasteiger partial charge on any atom is 0.389 e. The first kappa shape index (κ1) is 17.9. The summed E-state index contributed by atoms with van der Waals surface area (Å²) in [5, 5.41) is 3.13. The molecular formula is C15H19F5N2O. The van der Waals surface area contributed by atoms with Crippen LogP contribution in [0, 0.1) is 0 Å². The average Bonchev–Trinajstić information content (AvgIpc) is 2.48. The normalized spacial score (nSPS) is 18.2. The third-order valence-corrected chi connectivity index (χ3v) is 3.79. The molecule has 2 rings (SSSR count). The summed E-state index contributed by atoms with van der Waals surface area (Å²) in [5.41, 5.74) is 0.374. The van der Waals surface area contributed by atoms with E-state index in [0.29, 0.717) is 31.7 Å². The molecule has 8 heteroatoms. The number of benzene rings is 1. The molecule has 0 aliphatic carbocycles. The van der Waals surface area contributed by atoms with Crippen molar-refractivity contribution in [1.82, 2.24) is 10.2 Å². The van der Waals surface area contributed by atoms with Crippen molar-refractivity contribution in [2.24, 2.45) is 0 Å². The van der Waals surface area contributed by atoms with Gasteiger partial charge in [-0.15, -0.1) is 0 Å². The lowest BCUT2D eigenvalue weighted by Gasteiger charge is -2.36. The fourth-order valence-corrected chi connectivity index (χ4v) is 2.79. The molecule has 0 spiro atoms. The molecule has 3 nitrogen and oxygen atoms in total. The second-order valence-electron chi connectivity index (χ2n) is 5.37. The molecule has 0 amide bonds. The Morgan fingerprint density at radius 2 is 1.78 bits per heavy atom. The number of rotatable bonds is 6. The van der Waals surface area contributed by atoms with Gasteiger partial charge in [0.05, 0.1) is 0 Å². The maximum atomic E-state index is 12.6. The minimum atomic E-state index is -4.29. The lowest BCUT2D eigenvalue weighted by atomic mass is 9.98. The van der Waals surface area contributed by atoms with Crippen molar-refractivity contribution in [2.45, 2.75) is 31.7 Å². The van der Waals surface area contributed by atoms with E-state index in [4.69, 9.17) is 0 Å². The molecule has 1 aromatic carbocycles. The standard InChI is InChI=1S/C15H19F5N2O/c16-14(17)23-13-4-2-1-3-11(13)12(5-6-15(18,19)20)22-9-7-21-8-10-22/h1-4,12,14,21H,5-10H2/t12-/m1/s1. The molecule has 1 N–H and O–H groups in total. The first-order valence-electron chi connectivity index (χ1n) is 7.42. The molecular weight excluding hydrogens is 319 g/mol. The van der Waals surface area contributed by atoms with Crippen LogP contribution in [0.25, 0.3) is 0 Å². The quantitative estimate of drug-likeness (QED) is 0.803. The first-order valence-corrected chi connectivity index (χ1v) is 7.42. The van der Waals surface area contributed by atoms with Gasteiger partial charge in [-0.25, -0.2) is 0 Å². The molecule has 1 heterocycles. The second kappa shape index (κ2) is 7.92. The van der Waals surface area contributed by atoms with E-state index in [2.05, 4.69) is 10.1 Å². The third kappa shape index (κ3) is 5.62. The molecule has 0 radical (unpaired) electrons. The van der Waals surface area contributed by atoms with Crippen LogP contribution in [0.4, 0.5) is 22.0 Å². The Morgan fingerprint density at radius 1 is 1.13 bits per heavy atom. The van der Waals surface area contributed by atoms with Crippen LogP contribution in [0.5, 0.6) is 5.75 Å². The van der Waals surface area contributed by atoms with Crippen LogP contribution in [-0.4, -0.2) is 43.9 Å². The average molecular weight is 338 g/mol. The van der Waals surface area contributed by atoms with E-state index in [-0.39, 0.29) is 12.2 Å². The van der Waals surface area contributed by atoms with E-state index in [1.165, 1.54) is 12.1 Å². The van der Waals surface area contributed by atoms with Crippen LogP contribution < -0.4 is 10.1 Å². The molecule has 0 saturated carbocycles. The number of para-hydroxylation sites is 1. The highest BCUT2D eigenvalue weighted by atomic mass is 19.4. The number of piperazine rings is 1. The summed E-state index contributed by atoms with van der Waals surface area (Å²) >= 11 is 0. The Kier molecular flexibility index (Phi) is 6.17. The minimum Gasteiger partial charge on any atom is -0.434 e. The summed E-state index contributed by atoms with van der Waals surface area (Å²) in [6, 6.07) is 5.47. The highest BCUT2D eigenvalue weighted by molar-refractivity contribution is 5.36. The van der Waals surface area contributed by atoms with Crippen LogP contribution in [0.2, 0.25) is 0 Å². The minimum absolute atomic E-state index is 0.0618. The summed E-state index contributed by atoms with van der Waals surface area (Å²) in [4.78, 5) is 1.88. The van der Waals surface area contributed by atoms with Gasteiger partial charge in [0.2, 0.25) is 0 Å². The van der Waals surface area contributed by atoms with Crippen molar-refractivity contribution in [3.8, 4) is 5.75 Å². The van der Waals surface area contributed by atoms with Crippen LogP contribution >= 0.6 is 0 Å². The van der Waals surface area contributed by atoms with Crippen molar-refractivity contribution >= 4 is 0 Å². The smallest absolute Gasteiger partial charge is 0.389 e. The number of nitrogens with zero attached hydrogens (tertiary/aromatic N) is 1. The zero-order chi connectivity index (χ0) is 16.9. The summed E-state index contributed by atoms with van der Waals surface area (Å²) < 4.78 is 67.5. The van der Waals surface area contributed by atoms with Crippen molar-refractivity contribution in [1.29, 1.82) is 0 Å². The molecule has 0 aromatic heterocycles. The Bertz CT molecular complexity index is 489. The van der Waals surface area contributed by atoms with E-state index in [1.807, 2.05) is 4.90 Å². The van der Waals surface area contributed by atoms with Crippen LogP contribution in [0.3, 0.4) is 0 Å². The van der Waals surface area contributed by atoms with Crippen molar-refractivity contribution in [3.63, 3.8) is 0 Å². The van der Waals surface area contributed by atoms with Gasteiger partial charge in [0.1, 0.15) is 5.75 Å². The van der Waals surface area contributed by atoms with Gasteiger partial charge in [0.15, 0.2) is 0 Å². The fourth-order valence-electron chi connectivity index (χ4n) is 2.79. The number of hydrogen-bond donors (Lipinski definition) is 1. The molecule has 23 heavy (non-hydrogen) atoms. The molecule has 1 aliphatic rings. The Labute approximate surface area is 131 Å². The number of alkyl halides is 5. The van der Waals surface area contributed by atoms with Crippen LogP contribution in [0.1, 0.15) is 24.4 Å². The summed E-state index contributed by atoms with van der Waals surface area (Å²) in [5.74, 6) is -0.0618. The number of halogens is 5. The summed E-state index contributed by atoms with van der Waals surface area (Å²) in [6.45, 7) is -0.583. The second-order valence-corrected chi connectivity index (χ2v) is 5.37. The predicted octanol–water partition coefficient (Wildman–Crippen LogP) is 3.58. The lowest BCUT2D eigenvalue weighted by Crippen LogP contribution is -2.45. The zero-order valence-corrected chi connectivity index (χ0v) is 12.5. The zero-order valence-electron chi connectivity index (χ0n) is 12.5. The molecule has 0 bridgehead atoms. The van der Waals surface area contributed by atoms with E-state index >= 15 is 0 Å². The maximum absolute atomic E-state index is 12.6. The number of nitrogens with one attached hydrogen (secondary N) is 1. The van der Waals surface area contributed by atoms with Gasteiger partial charge in [-0.1, -0.05) is 18.2 Å². The van der Waals surface area contributed by atoms with Crippen molar-refractivity contribution in [3.05, 3.63) is 29.8 Å². The van der Waals surface area contributed by atoms with E-state index in [1.54, 1.807) is 12.1 Å². The molecule has 130 valence electrons. The first-order chi connectivity index (χ1) is 10.9. The highest BCUT2D eigenvalue weighted by Gasteiger charge is 2.32. The van der Waals surface area contributed by atoms with Gasteiger partial charge in [0, 0.05) is 44.2 Å². The lowest BCUT2D eigenvalue weighted by molar-refractivity contribution is -0.138. The van der Waals surface area contributed by atoms with Gasteiger partial charge in [-0.3, -0.25) is 4.90 Å². The van der Waals surface area contributed by atoms with E-state index < -0.39 is 25.3 Å². The van der Waals surface area contributed by atoms with Crippen LogP contribution in [0.15, 0.2) is 24.3 Å². The van der Waals surface area contributed by atoms with Crippen LogP contribution in [-0.2, 0) is 0 Å². The van der Waals surface area contributed by atoms with Gasteiger partial charge < -0.3 is 10.1 Å². The molecule has 1 aliphatic heterocycles. The van der Waals surface area contributed by atoms with E-state index in [9.17, 15) is 22.0 Å². The summed E-state index contributed by atoms with van der Waals surface area (Å²) in [7, 11) is 0. The molecule has 1 aromatic rings. The van der Waals surface area contributed by atoms with E-state index in [0.717, 1.165) is 0 Å². The third-order valence-electron chi connectivity index (χ3n) is 3.79. The highest BCUT2D eigenvalue weighted by Crippen LogP contribution is 2.36. The molecule has 1 fully saturated rings.